The number of carbonyl (C=O) groups is 1. The summed E-state index contributed by atoms with van der Waals surface area (Å²) in [5.41, 5.74) is 4.13. The van der Waals surface area contributed by atoms with Crippen LogP contribution in [0.15, 0.2) is 83.7 Å². The highest BCUT2D eigenvalue weighted by Crippen LogP contribution is 2.19. The molecule has 0 unspecified atom stereocenters. The van der Waals surface area contributed by atoms with Gasteiger partial charge in [0.05, 0.1) is 17.1 Å². The molecule has 0 spiro atoms. The first-order chi connectivity index (χ1) is 14.6. The molecule has 1 amide bonds. The second kappa shape index (κ2) is 8.33. The summed E-state index contributed by atoms with van der Waals surface area (Å²) in [7, 11) is 0. The van der Waals surface area contributed by atoms with Gasteiger partial charge in [-0.1, -0.05) is 54.6 Å². The Bertz CT molecular complexity index is 1250. The quantitative estimate of drug-likeness (QED) is 0.536. The first-order valence-corrected chi connectivity index (χ1v) is 10.0. The van der Waals surface area contributed by atoms with E-state index in [2.05, 4.69) is 10.3 Å². The largest absolute Gasteiger partial charge is 0.346 e. The second-order valence-corrected chi connectivity index (χ2v) is 7.18. The molecule has 0 saturated heterocycles. The average Bonchev–Trinajstić information content (AvgIpc) is 2.79. The van der Waals surface area contributed by atoms with E-state index in [9.17, 15) is 9.59 Å². The smallest absolute Gasteiger partial charge is 0.277 e. The minimum Gasteiger partial charge on any atom is -0.346 e. The predicted molar refractivity (Wildman–Crippen MR) is 119 cm³/mol. The normalized spacial score (nSPS) is 11.9. The molecular formula is C25H23N3O2. The molecular weight excluding hydrogens is 374 g/mol. The summed E-state index contributed by atoms with van der Waals surface area (Å²) in [6.07, 6.45) is 0. The molecule has 1 aromatic heterocycles. The van der Waals surface area contributed by atoms with Gasteiger partial charge in [0.1, 0.15) is 5.69 Å². The van der Waals surface area contributed by atoms with E-state index in [0.717, 1.165) is 16.6 Å². The van der Waals surface area contributed by atoms with Crippen LogP contribution >= 0.6 is 0 Å². The van der Waals surface area contributed by atoms with Crippen molar-refractivity contribution >= 4 is 16.9 Å². The number of hydrogen-bond donors (Lipinski definition) is 1. The van der Waals surface area contributed by atoms with Crippen molar-refractivity contribution in [3.8, 4) is 11.3 Å². The number of fused-ring (bicyclic) bond motifs is 1. The van der Waals surface area contributed by atoms with Crippen LogP contribution in [0.5, 0.6) is 0 Å². The first-order valence-electron chi connectivity index (χ1n) is 10.0. The maximum absolute atomic E-state index is 13.0. The Morgan fingerprint density at radius 1 is 0.967 bits per heavy atom. The third-order valence-corrected chi connectivity index (χ3v) is 5.24. The van der Waals surface area contributed by atoms with Crippen molar-refractivity contribution in [3.05, 3.63) is 100 Å². The molecule has 1 atom stereocenters. The topological polar surface area (TPSA) is 64.0 Å². The van der Waals surface area contributed by atoms with Crippen molar-refractivity contribution in [1.82, 2.24) is 14.9 Å². The van der Waals surface area contributed by atoms with E-state index in [-0.39, 0.29) is 17.5 Å². The van der Waals surface area contributed by atoms with Gasteiger partial charge < -0.3 is 9.88 Å². The van der Waals surface area contributed by atoms with Gasteiger partial charge in [-0.15, -0.1) is 0 Å². The van der Waals surface area contributed by atoms with Gasteiger partial charge in [-0.2, -0.15) is 0 Å². The predicted octanol–water partition coefficient (Wildman–Crippen LogP) is 4.57. The van der Waals surface area contributed by atoms with Gasteiger partial charge in [0, 0.05) is 17.7 Å². The lowest BCUT2D eigenvalue weighted by Gasteiger charge is -2.14. The highest BCUT2D eigenvalue weighted by Gasteiger charge is 2.14. The standard InChI is InChI=1S/C25H23N3O2/c1-3-28-22-12-8-7-11-21(22)27-23(25(28)30)19-13-15-20(16-14-19)24(29)26-17(2)18-9-5-4-6-10-18/h4-17H,3H2,1-2H3,(H,26,29)/t17-/m0/s1. The third kappa shape index (κ3) is 3.74. The van der Waals surface area contributed by atoms with Crippen molar-refractivity contribution in [2.24, 2.45) is 0 Å². The van der Waals surface area contributed by atoms with E-state index in [1.807, 2.05) is 68.4 Å². The van der Waals surface area contributed by atoms with E-state index in [1.54, 1.807) is 28.8 Å². The fraction of sp³-hybridized carbons (Fsp3) is 0.160. The summed E-state index contributed by atoms with van der Waals surface area (Å²) in [5.74, 6) is -0.157. The lowest BCUT2D eigenvalue weighted by atomic mass is 10.1. The van der Waals surface area contributed by atoms with E-state index in [1.165, 1.54) is 0 Å². The summed E-state index contributed by atoms with van der Waals surface area (Å²) in [4.78, 5) is 30.2. The molecule has 3 aromatic carbocycles. The minimum atomic E-state index is -0.157. The van der Waals surface area contributed by atoms with Crippen molar-refractivity contribution in [2.75, 3.05) is 0 Å². The number of rotatable bonds is 5. The van der Waals surface area contributed by atoms with Crippen LogP contribution in [0, 0.1) is 0 Å². The molecule has 5 heteroatoms. The molecule has 30 heavy (non-hydrogen) atoms. The van der Waals surface area contributed by atoms with Gasteiger partial charge in [0.2, 0.25) is 0 Å². The number of carbonyl (C=O) groups excluding carboxylic acids is 1. The Morgan fingerprint density at radius 3 is 2.33 bits per heavy atom. The highest BCUT2D eigenvalue weighted by atomic mass is 16.1. The van der Waals surface area contributed by atoms with Crippen LogP contribution < -0.4 is 10.9 Å². The summed E-state index contributed by atoms with van der Waals surface area (Å²) >= 11 is 0. The fourth-order valence-corrected chi connectivity index (χ4v) is 3.58. The Kier molecular flexibility index (Phi) is 5.44. The molecule has 0 fully saturated rings. The van der Waals surface area contributed by atoms with Gasteiger partial charge in [0.15, 0.2) is 0 Å². The average molecular weight is 397 g/mol. The van der Waals surface area contributed by atoms with Crippen molar-refractivity contribution in [3.63, 3.8) is 0 Å². The number of amides is 1. The van der Waals surface area contributed by atoms with E-state index >= 15 is 0 Å². The number of nitrogens with one attached hydrogen (secondary N) is 1. The molecule has 5 nitrogen and oxygen atoms in total. The van der Waals surface area contributed by atoms with Crippen molar-refractivity contribution in [2.45, 2.75) is 26.4 Å². The monoisotopic (exact) mass is 397 g/mol. The number of benzene rings is 3. The summed E-state index contributed by atoms with van der Waals surface area (Å²) in [5, 5.41) is 3.01. The lowest BCUT2D eigenvalue weighted by Crippen LogP contribution is -2.26. The van der Waals surface area contributed by atoms with Crippen LogP contribution in [-0.2, 0) is 6.54 Å². The van der Waals surface area contributed by atoms with Crippen LogP contribution in [0.25, 0.3) is 22.3 Å². The van der Waals surface area contributed by atoms with Crippen LogP contribution in [0.3, 0.4) is 0 Å². The number of hydrogen-bond acceptors (Lipinski definition) is 3. The number of para-hydroxylation sites is 2. The first kappa shape index (κ1) is 19.6. The Labute approximate surface area is 175 Å². The Balaban J connectivity index is 1.62. The molecule has 1 N–H and O–H groups in total. The van der Waals surface area contributed by atoms with Crippen LogP contribution in [0.1, 0.15) is 35.8 Å². The second-order valence-electron chi connectivity index (χ2n) is 7.18. The SMILES string of the molecule is CCn1c(=O)c(-c2ccc(C(=O)N[C@@H](C)c3ccccc3)cc2)nc2ccccc21. The zero-order valence-corrected chi connectivity index (χ0v) is 17.0. The lowest BCUT2D eigenvalue weighted by molar-refractivity contribution is 0.0940. The summed E-state index contributed by atoms with van der Waals surface area (Å²) < 4.78 is 1.72. The molecule has 0 bridgehead atoms. The molecule has 0 aliphatic heterocycles. The Morgan fingerprint density at radius 2 is 1.63 bits per heavy atom. The molecule has 0 aliphatic carbocycles. The number of aryl methyl sites for hydroxylation is 1. The summed E-state index contributed by atoms with van der Waals surface area (Å²) in [6, 6.07) is 24.3. The molecule has 4 rings (SSSR count). The Hall–Kier alpha value is -3.73. The van der Waals surface area contributed by atoms with Crippen LogP contribution in [0.2, 0.25) is 0 Å². The third-order valence-electron chi connectivity index (χ3n) is 5.24. The maximum Gasteiger partial charge on any atom is 0.277 e. The maximum atomic E-state index is 13.0. The fourth-order valence-electron chi connectivity index (χ4n) is 3.58. The molecule has 1 heterocycles. The molecule has 0 radical (unpaired) electrons. The van der Waals surface area contributed by atoms with Gasteiger partial charge in [-0.05, 0) is 43.7 Å². The van der Waals surface area contributed by atoms with E-state index < -0.39 is 0 Å². The highest BCUT2D eigenvalue weighted by molar-refractivity contribution is 5.95. The van der Waals surface area contributed by atoms with Gasteiger partial charge in [-0.3, -0.25) is 9.59 Å². The summed E-state index contributed by atoms with van der Waals surface area (Å²) in [6.45, 7) is 4.46. The number of aromatic nitrogens is 2. The van der Waals surface area contributed by atoms with Crippen molar-refractivity contribution < 1.29 is 4.79 Å². The zero-order chi connectivity index (χ0) is 21.1. The molecule has 4 aromatic rings. The molecule has 150 valence electrons. The number of nitrogens with zero attached hydrogens (tertiary/aromatic N) is 2. The molecule has 0 aliphatic rings. The van der Waals surface area contributed by atoms with Crippen LogP contribution in [0.4, 0.5) is 0 Å². The van der Waals surface area contributed by atoms with Gasteiger partial charge >= 0.3 is 0 Å². The van der Waals surface area contributed by atoms with E-state index in [4.69, 9.17) is 0 Å². The zero-order valence-electron chi connectivity index (χ0n) is 17.0. The minimum absolute atomic E-state index is 0.0997. The van der Waals surface area contributed by atoms with Crippen molar-refractivity contribution in [1.29, 1.82) is 0 Å². The molecule has 0 saturated carbocycles. The van der Waals surface area contributed by atoms with Gasteiger partial charge in [-0.25, -0.2) is 4.98 Å². The van der Waals surface area contributed by atoms with Crippen LogP contribution in [-0.4, -0.2) is 15.5 Å². The van der Waals surface area contributed by atoms with Gasteiger partial charge in [0.25, 0.3) is 11.5 Å². The van der Waals surface area contributed by atoms with E-state index in [0.29, 0.717) is 23.4 Å².